The molecule has 2 N–H and O–H groups in total. The molecule has 0 spiro atoms. The van der Waals surface area contributed by atoms with Crippen LogP contribution in [0.2, 0.25) is 0 Å². The second kappa shape index (κ2) is 7.05. The summed E-state index contributed by atoms with van der Waals surface area (Å²) in [5.74, 6) is -1.76. The number of methoxy groups -OCH3 is 2. The summed E-state index contributed by atoms with van der Waals surface area (Å²) in [6.07, 6.45) is 0. The largest absolute Gasteiger partial charge is 0.497 e. The van der Waals surface area contributed by atoms with Crippen LogP contribution in [0.4, 0.5) is 5.69 Å². The number of para-hydroxylation sites is 1. The van der Waals surface area contributed by atoms with Crippen LogP contribution in [0.5, 0.6) is 17.2 Å². The van der Waals surface area contributed by atoms with Gasteiger partial charge in [0, 0.05) is 17.5 Å². The van der Waals surface area contributed by atoms with Gasteiger partial charge in [0.2, 0.25) is 11.8 Å². The standard InChI is InChI=1S/C22H18N2O6S/c1-28-11-6-3-5-10(9-11)24-20(25)15-14-12-7-4-8-13(29-2)17(12)30-22(27)16(14)19(23)31-18(15)21(24)26/h3-9,14-15,18H,23H2,1-2H3/t14-,15+,18-/m1/s1. The number of nitrogens with zero attached hydrogens (tertiary/aromatic N) is 1. The van der Waals surface area contributed by atoms with Gasteiger partial charge in [0.1, 0.15) is 11.0 Å². The van der Waals surface area contributed by atoms with Crippen LogP contribution in [0, 0.1) is 5.92 Å². The van der Waals surface area contributed by atoms with E-state index in [1.807, 2.05) is 0 Å². The van der Waals surface area contributed by atoms with Crippen LogP contribution in [-0.2, 0) is 14.4 Å². The zero-order valence-electron chi connectivity index (χ0n) is 16.7. The molecular weight excluding hydrogens is 420 g/mol. The summed E-state index contributed by atoms with van der Waals surface area (Å²) in [5.41, 5.74) is 7.43. The fourth-order valence-electron chi connectivity index (χ4n) is 4.42. The predicted molar refractivity (Wildman–Crippen MR) is 113 cm³/mol. The molecule has 1 saturated heterocycles. The van der Waals surface area contributed by atoms with E-state index >= 15 is 0 Å². The third-order valence-electron chi connectivity index (χ3n) is 5.78. The van der Waals surface area contributed by atoms with Crippen molar-refractivity contribution in [2.75, 3.05) is 19.1 Å². The van der Waals surface area contributed by atoms with Crippen molar-refractivity contribution in [3.63, 3.8) is 0 Å². The SMILES string of the molecule is COc1cccc(N2C(=O)[C@H]3[C@@H]4C(=C(N)S[C@H]3C2=O)C(=O)Oc2c(OC)cccc24)c1. The zero-order valence-corrected chi connectivity index (χ0v) is 17.5. The Labute approximate surface area is 181 Å². The van der Waals surface area contributed by atoms with E-state index in [2.05, 4.69) is 0 Å². The Morgan fingerprint density at radius 1 is 1.03 bits per heavy atom. The van der Waals surface area contributed by atoms with E-state index in [4.69, 9.17) is 19.9 Å². The average molecular weight is 438 g/mol. The molecule has 0 saturated carbocycles. The van der Waals surface area contributed by atoms with E-state index in [0.29, 0.717) is 22.7 Å². The topological polar surface area (TPSA) is 108 Å². The maximum Gasteiger partial charge on any atom is 0.342 e. The number of hydrogen-bond donors (Lipinski definition) is 1. The molecule has 5 rings (SSSR count). The quantitative estimate of drug-likeness (QED) is 0.441. The first kappa shape index (κ1) is 19.5. The molecule has 158 valence electrons. The number of hydrogen-bond acceptors (Lipinski definition) is 8. The molecule has 0 unspecified atom stereocenters. The molecule has 2 amide bonds. The Bertz CT molecular complexity index is 1180. The second-order valence-electron chi connectivity index (χ2n) is 7.30. The lowest BCUT2D eigenvalue weighted by molar-refractivity contribution is -0.132. The molecule has 3 aliphatic heterocycles. The number of imide groups is 1. The first-order valence-electron chi connectivity index (χ1n) is 9.53. The van der Waals surface area contributed by atoms with Crippen LogP contribution in [0.3, 0.4) is 0 Å². The number of fused-ring (bicyclic) bond motifs is 5. The molecule has 3 heterocycles. The van der Waals surface area contributed by atoms with Gasteiger partial charge < -0.3 is 19.9 Å². The van der Waals surface area contributed by atoms with E-state index < -0.39 is 29.0 Å². The van der Waals surface area contributed by atoms with E-state index in [1.54, 1.807) is 42.5 Å². The van der Waals surface area contributed by atoms with Gasteiger partial charge in [-0.15, -0.1) is 0 Å². The lowest BCUT2D eigenvalue weighted by Crippen LogP contribution is -2.39. The molecule has 0 radical (unpaired) electrons. The molecular formula is C22H18N2O6S. The number of nitrogens with two attached hydrogens (primary N) is 1. The summed E-state index contributed by atoms with van der Waals surface area (Å²) in [6.45, 7) is 0. The highest BCUT2D eigenvalue weighted by Gasteiger charge is 2.58. The number of benzene rings is 2. The van der Waals surface area contributed by atoms with Crippen molar-refractivity contribution in [2.45, 2.75) is 11.2 Å². The van der Waals surface area contributed by atoms with Gasteiger partial charge >= 0.3 is 5.97 Å². The van der Waals surface area contributed by atoms with Gasteiger partial charge in [0.05, 0.1) is 36.4 Å². The van der Waals surface area contributed by atoms with Crippen molar-refractivity contribution in [2.24, 2.45) is 11.7 Å². The van der Waals surface area contributed by atoms with Gasteiger partial charge in [-0.3, -0.25) is 9.59 Å². The highest BCUT2D eigenvalue weighted by atomic mass is 32.2. The number of anilines is 1. The van der Waals surface area contributed by atoms with Gasteiger partial charge in [0.15, 0.2) is 11.5 Å². The molecule has 3 atom stereocenters. The van der Waals surface area contributed by atoms with E-state index in [1.165, 1.54) is 14.2 Å². The Kier molecular flexibility index (Phi) is 4.44. The number of carbonyl (C=O) groups is 3. The fourth-order valence-corrected chi connectivity index (χ4v) is 5.66. The number of ether oxygens (including phenoxy) is 3. The van der Waals surface area contributed by atoms with E-state index in [0.717, 1.165) is 16.7 Å². The molecule has 9 heteroatoms. The third-order valence-corrected chi connectivity index (χ3v) is 7.00. The minimum absolute atomic E-state index is 0.193. The van der Waals surface area contributed by atoms with Gasteiger partial charge in [-0.1, -0.05) is 30.0 Å². The Morgan fingerprint density at radius 3 is 2.55 bits per heavy atom. The van der Waals surface area contributed by atoms with Crippen LogP contribution < -0.4 is 24.8 Å². The third kappa shape index (κ3) is 2.73. The summed E-state index contributed by atoms with van der Waals surface area (Å²) in [5, 5.41) is -0.559. The summed E-state index contributed by atoms with van der Waals surface area (Å²) in [7, 11) is 2.98. The Morgan fingerprint density at radius 2 is 1.81 bits per heavy atom. The molecule has 8 nitrogen and oxygen atoms in total. The maximum absolute atomic E-state index is 13.6. The minimum atomic E-state index is -0.801. The first-order valence-corrected chi connectivity index (χ1v) is 10.4. The lowest BCUT2D eigenvalue weighted by Gasteiger charge is -2.36. The number of amides is 2. The van der Waals surface area contributed by atoms with Crippen LogP contribution in [0.15, 0.2) is 53.1 Å². The molecule has 3 aliphatic rings. The normalized spacial score (nSPS) is 24.4. The van der Waals surface area contributed by atoms with Crippen molar-refractivity contribution in [1.29, 1.82) is 0 Å². The highest BCUT2D eigenvalue weighted by Crippen LogP contribution is 2.56. The lowest BCUT2D eigenvalue weighted by atomic mass is 9.77. The summed E-state index contributed by atoms with van der Waals surface area (Å²) >= 11 is 1.03. The molecule has 0 bridgehead atoms. The molecule has 1 fully saturated rings. The summed E-state index contributed by atoms with van der Waals surface area (Å²) < 4.78 is 16.1. The summed E-state index contributed by atoms with van der Waals surface area (Å²) in [6, 6.07) is 11.9. The number of carbonyl (C=O) groups excluding carboxylic acids is 3. The van der Waals surface area contributed by atoms with Crippen LogP contribution in [0.25, 0.3) is 0 Å². The van der Waals surface area contributed by atoms with Crippen LogP contribution >= 0.6 is 11.8 Å². The van der Waals surface area contributed by atoms with Crippen LogP contribution in [-0.4, -0.2) is 37.3 Å². The Hall–Kier alpha value is -3.46. The Balaban J connectivity index is 1.66. The van der Waals surface area contributed by atoms with Crippen molar-refractivity contribution >= 4 is 35.2 Å². The van der Waals surface area contributed by atoms with E-state index in [-0.39, 0.29) is 22.3 Å². The van der Waals surface area contributed by atoms with E-state index in [9.17, 15) is 14.4 Å². The maximum atomic E-state index is 13.6. The predicted octanol–water partition coefficient (Wildman–Crippen LogP) is 2.18. The van der Waals surface area contributed by atoms with Crippen molar-refractivity contribution in [3.05, 3.63) is 58.6 Å². The molecule has 2 aromatic carbocycles. The minimum Gasteiger partial charge on any atom is -0.497 e. The second-order valence-corrected chi connectivity index (χ2v) is 8.48. The average Bonchev–Trinajstić information content (AvgIpc) is 3.02. The number of esters is 1. The van der Waals surface area contributed by atoms with Crippen molar-refractivity contribution < 1.29 is 28.6 Å². The molecule has 0 aromatic heterocycles. The first-order chi connectivity index (χ1) is 15.0. The zero-order chi connectivity index (χ0) is 21.9. The van der Waals surface area contributed by atoms with Gasteiger partial charge in [-0.2, -0.15) is 0 Å². The van der Waals surface area contributed by atoms with Crippen molar-refractivity contribution in [1.82, 2.24) is 0 Å². The van der Waals surface area contributed by atoms with Gasteiger partial charge in [-0.25, -0.2) is 9.69 Å². The number of thioether (sulfide) groups is 1. The molecule has 0 aliphatic carbocycles. The van der Waals surface area contributed by atoms with Crippen molar-refractivity contribution in [3.8, 4) is 17.2 Å². The van der Waals surface area contributed by atoms with Gasteiger partial charge in [-0.05, 0) is 18.2 Å². The summed E-state index contributed by atoms with van der Waals surface area (Å²) in [4.78, 5) is 40.9. The molecule has 2 aromatic rings. The fraction of sp³-hybridized carbons (Fsp3) is 0.227. The highest BCUT2D eigenvalue weighted by molar-refractivity contribution is 8.04. The smallest absolute Gasteiger partial charge is 0.342 e. The van der Waals surface area contributed by atoms with Gasteiger partial charge in [0.25, 0.3) is 0 Å². The number of rotatable bonds is 3. The van der Waals surface area contributed by atoms with Crippen LogP contribution in [0.1, 0.15) is 11.5 Å². The monoisotopic (exact) mass is 438 g/mol. The molecule has 31 heavy (non-hydrogen) atoms.